The molecule has 21 heavy (non-hydrogen) atoms. The van der Waals surface area contributed by atoms with Crippen molar-refractivity contribution in [1.29, 1.82) is 0 Å². The molecule has 0 amide bonds. The molecule has 2 aromatic carbocycles. The average molecular weight is 282 g/mol. The Bertz CT molecular complexity index is 597. The first-order valence-electron chi connectivity index (χ1n) is 8.03. The Balaban J connectivity index is 2.77. The van der Waals surface area contributed by atoms with Gasteiger partial charge in [-0.05, 0) is 47.1 Å². The van der Waals surface area contributed by atoms with Crippen LogP contribution in [0.2, 0.25) is 0 Å². The van der Waals surface area contributed by atoms with Gasteiger partial charge in [0.2, 0.25) is 0 Å². The van der Waals surface area contributed by atoms with Gasteiger partial charge in [-0.1, -0.05) is 64.4 Å². The van der Waals surface area contributed by atoms with Gasteiger partial charge in [0.1, 0.15) is 5.75 Å². The molecular formula is C20H26O. The lowest BCUT2D eigenvalue weighted by Gasteiger charge is -2.22. The minimum absolute atomic E-state index is 0.402. The van der Waals surface area contributed by atoms with Crippen LogP contribution in [-0.4, -0.2) is 5.11 Å². The second kappa shape index (κ2) is 6.80. The van der Waals surface area contributed by atoms with Gasteiger partial charge in [0, 0.05) is 5.56 Å². The van der Waals surface area contributed by atoms with Crippen molar-refractivity contribution in [3.8, 4) is 16.9 Å². The van der Waals surface area contributed by atoms with Crippen LogP contribution >= 0.6 is 0 Å². The molecular weight excluding hydrogens is 256 g/mol. The van der Waals surface area contributed by atoms with Gasteiger partial charge in [0.05, 0.1) is 0 Å². The highest BCUT2D eigenvalue weighted by Crippen LogP contribution is 2.41. The van der Waals surface area contributed by atoms with Gasteiger partial charge in [-0.25, -0.2) is 0 Å². The van der Waals surface area contributed by atoms with Crippen molar-refractivity contribution in [2.45, 2.75) is 52.9 Å². The Morgan fingerprint density at radius 3 is 2.24 bits per heavy atom. The molecule has 0 radical (unpaired) electrons. The number of hydrogen-bond acceptors (Lipinski definition) is 1. The molecule has 0 bridgehead atoms. The van der Waals surface area contributed by atoms with Gasteiger partial charge < -0.3 is 5.11 Å². The van der Waals surface area contributed by atoms with E-state index in [9.17, 15) is 5.11 Å². The minimum Gasteiger partial charge on any atom is -0.507 e. The first-order valence-corrected chi connectivity index (χ1v) is 8.03. The molecule has 0 fully saturated rings. The molecule has 1 heteroatoms. The molecule has 2 aromatic rings. The first kappa shape index (κ1) is 15.6. The van der Waals surface area contributed by atoms with Crippen LogP contribution in [0.25, 0.3) is 11.1 Å². The van der Waals surface area contributed by atoms with E-state index in [-0.39, 0.29) is 0 Å². The summed E-state index contributed by atoms with van der Waals surface area (Å²) in [5.74, 6) is 0.820. The lowest BCUT2D eigenvalue weighted by molar-refractivity contribution is 0.475. The Hall–Kier alpha value is -1.76. The molecule has 0 unspecified atom stereocenters. The molecule has 0 aliphatic heterocycles. The zero-order valence-corrected chi connectivity index (χ0v) is 13.6. The van der Waals surface area contributed by atoms with Crippen molar-refractivity contribution in [2.24, 2.45) is 0 Å². The average Bonchev–Trinajstić information content (AvgIpc) is 2.48. The van der Waals surface area contributed by atoms with Gasteiger partial charge >= 0.3 is 0 Å². The summed E-state index contributed by atoms with van der Waals surface area (Å²) < 4.78 is 0. The molecule has 0 aliphatic carbocycles. The van der Waals surface area contributed by atoms with Gasteiger partial charge in [-0.3, -0.25) is 0 Å². The SMILES string of the molecule is CCCc1c(CC)cc(O)c(-c2ccccc2)c1C(C)C. The summed E-state index contributed by atoms with van der Waals surface area (Å²) in [5.41, 5.74) is 6.18. The summed E-state index contributed by atoms with van der Waals surface area (Å²) in [6.07, 6.45) is 3.18. The third kappa shape index (κ3) is 3.12. The fourth-order valence-corrected chi connectivity index (χ4v) is 3.19. The predicted molar refractivity (Wildman–Crippen MR) is 91.0 cm³/mol. The third-order valence-corrected chi connectivity index (χ3v) is 4.07. The number of aryl methyl sites for hydroxylation is 1. The Morgan fingerprint density at radius 2 is 1.71 bits per heavy atom. The largest absolute Gasteiger partial charge is 0.507 e. The van der Waals surface area contributed by atoms with E-state index in [1.54, 1.807) is 0 Å². The highest BCUT2D eigenvalue weighted by atomic mass is 16.3. The molecule has 1 nitrogen and oxygen atoms in total. The van der Waals surface area contributed by atoms with Crippen molar-refractivity contribution in [3.05, 3.63) is 53.1 Å². The van der Waals surface area contributed by atoms with E-state index >= 15 is 0 Å². The molecule has 0 spiro atoms. The van der Waals surface area contributed by atoms with Crippen LogP contribution in [0.4, 0.5) is 0 Å². The van der Waals surface area contributed by atoms with Crippen LogP contribution in [0.15, 0.2) is 36.4 Å². The fourth-order valence-electron chi connectivity index (χ4n) is 3.19. The van der Waals surface area contributed by atoms with E-state index < -0.39 is 0 Å². The van der Waals surface area contributed by atoms with Crippen LogP contribution in [-0.2, 0) is 12.8 Å². The highest BCUT2D eigenvalue weighted by Gasteiger charge is 2.20. The van der Waals surface area contributed by atoms with E-state index in [2.05, 4.69) is 39.8 Å². The summed E-state index contributed by atoms with van der Waals surface area (Å²) in [5, 5.41) is 10.6. The van der Waals surface area contributed by atoms with Crippen LogP contribution in [0.1, 0.15) is 56.7 Å². The molecule has 0 atom stereocenters. The molecule has 2 rings (SSSR count). The summed E-state index contributed by atoms with van der Waals surface area (Å²) in [7, 11) is 0. The number of benzene rings is 2. The predicted octanol–water partition coefficient (Wildman–Crippen LogP) is 5.70. The summed E-state index contributed by atoms with van der Waals surface area (Å²) >= 11 is 0. The van der Waals surface area contributed by atoms with Crippen molar-refractivity contribution >= 4 is 0 Å². The standard InChI is InChI=1S/C20H26O/c1-5-10-17-15(6-2)13-18(21)20(19(17)14(3)4)16-11-8-7-9-12-16/h7-9,11-14,21H,5-6,10H2,1-4H3. The van der Waals surface area contributed by atoms with Crippen molar-refractivity contribution in [3.63, 3.8) is 0 Å². The Labute approximate surface area is 128 Å². The van der Waals surface area contributed by atoms with E-state index in [0.29, 0.717) is 11.7 Å². The van der Waals surface area contributed by atoms with Crippen molar-refractivity contribution in [1.82, 2.24) is 0 Å². The van der Waals surface area contributed by atoms with Crippen LogP contribution in [0.5, 0.6) is 5.75 Å². The maximum Gasteiger partial charge on any atom is 0.123 e. The highest BCUT2D eigenvalue weighted by molar-refractivity contribution is 5.76. The lowest BCUT2D eigenvalue weighted by Crippen LogP contribution is -2.04. The van der Waals surface area contributed by atoms with Gasteiger partial charge in [-0.2, -0.15) is 0 Å². The summed E-state index contributed by atoms with van der Waals surface area (Å²) in [4.78, 5) is 0. The first-order chi connectivity index (χ1) is 10.1. The molecule has 0 saturated heterocycles. The Kier molecular flexibility index (Phi) is 5.06. The number of rotatable bonds is 5. The number of phenols is 1. The normalized spacial score (nSPS) is 11.1. The number of hydrogen-bond donors (Lipinski definition) is 1. The summed E-state index contributed by atoms with van der Waals surface area (Å²) in [6.45, 7) is 8.83. The third-order valence-electron chi connectivity index (χ3n) is 4.07. The Morgan fingerprint density at radius 1 is 1.05 bits per heavy atom. The van der Waals surface area contributed by atoms with Crippen LogP contribution < -0.4 is 0 Å². The van der Waals surface area contributed by atoms with Crippen LogP contribution in [0.3, 0.4) is 0 Å². The lowest BCUT2D eigenvalue weighted by atomic mass is 9.83. The minimum atomic E-state index is 0.402. The maximum atomic E-state index is 10.6. The maximum absolute atomic E-state index is 10.6. The quantitative estimate of drug-likeness (QED) is 0.746. The van der Waals surface area contributed by atoms with E-state index in [4.69, 9.17) is 0 Å². The second-order valence-electron chi connectivity index (χ2n) is 5.95. The number of phenolic OH excluding ortho intramolecular Hbond substituents is 1. The summed E-state index contributed by atoms with van der Waals surface area (Å²) in [6, 6.07) is 12.2. The van der Waals surface area contributed by atoms with Gasteiger partial charge in [-0.15, -0.1) is 0 Å². The van der Waals surface area contributed by atoms with E-state index in [1.807, 2.05) is 24.3 Å². The monoisotopic (exact) mass is 282 g/mol. The molecule has 0 heterocycles. The van der Waals surface area contributed by atoms with E-state index in [1.165, 1.54) is 16.7 Å². The molecule has 0 aliphatic rings. The number of aromatic hydroxyl groups is 1. The topological polar surface area (TPSA) is 20.2 Å². The second-order valence-corrected chi connectivity index (χ2v) is 5.95. The molecule has 1 N–H and O–H groups in total. The molecule has 112 valence electrons. The smallest absolute Gasteiger partial charge is 0.123 e. The zero-order valence-electron chi connectivity index (χ0n) is 13.6. The van der Waals surface area contributed by atoms with Crippen molar-refractivity contribution in [2.75, 3.05) is 0 Å². The van der Waals surface area contributed by atoms with E-state index in [0.717, 1.165) is 30.4 Å². The zero-order chi connectivity index (χ0) is 15.4. The molecule has 0 aromatic heterocycles. The fraction of sp³-hybridized carbons (Fsp3) is 0.400. The van der Waals surface area contributed by atoms with Gasteiger partial charge in [0.15, 0.2) is 0 Å². The van der Waals surface area contributed by atoms with Crippen molar-refractivity contribution < 1.29 is 5.11 Å². The van der Waals surface area contributed by atoms with Crippen LogP contribution in [0, 0.1) is 0 Å². The molecule has 0 saturated carbocycles. The van der Waals surface area contributed by atoms with Gasteiger partial charge in [0.25, 0.3) is 0 Å².